The summed E-state index contributed by atoms with van der Waals surface area (Å²) < 4.78 is 1.87. The van der Waals surface area contributed by atoms with Crippen LogP contribution in [0.3, 0.4) is 0 Å². The van der Waals surface area contributed by atoms with E-state index in [2.05, 4.69) is 5.32 Å². The van der Waals surface area contributed by atoms with Crippen molar-refractivity contribution in [2.45, 2.75) is 20.0 Å². The van der Waals surface area contributed by atoms with Crippen LogP contribution < -0.4 is 16.5 Å². The molecular formula is C19H19N3O2. The molecule has 0 aliphatic rings. The lowest BCUT2D eigenvalue weighted by Gasteiger charge is -2.13. The fourth-order valence-electron chi connectivity index (χ4n) is 2.76. The van der Waals surface area contributed by atoms with Crippen molar-refractivity contribution in [1.82, 2.24) is 9.88 Å². The molecule has 0 fully saturated rings. The predicted octanol–water partition coefficient (Wildman–Crippen LogP) is 2.53. The average molecular weight is 321 g/mol. The van der Waals surface area contributed by atoms with E-state index >= 15 is 0 Å². The highest BCUT2D eigenvalue weighted by Gasteiger charge is 2.16. The molecule has 3 N–H and O–H groups in total. The first kappa shape index (κ1) is 15.8. The second-order valence-electron chi connectivity index (χ2n) is 5.57. The lowest BCUT2D eigenvalue weighted by molar-refractivity contribution is 0.0949. The summed E-state index contributed by atoms with van der Waals surface area (Å²) in [6.07, 6.45) is 1.60. The number of carbonyl (C=O) groups is 1. The maximum Gasteiger partial charge on any atom is 0.257 e. The first-order valence-electron chi connectivity index (χ1n) is 7.85. The fraction of sp³-hybridized carbons (Fsp3) is 0.158. The van der Waals surface area contributed by atoms with Crippen LogP contribution in [0.15, 0.2) is 59.5 Å². The number of nitrogens with two attached hydrogens (primary N) is 1. The summed E-state index contributed by atoms with van der Waals surface area (Å²) in [5, 5.41) is 3.19. The van der Waals surface area contributed by atoms with Crippen LogP contribution in [-0.2, 0) is 13.1 Å². The van der Waals surface area contributed by atoms with Gasteiger partial charge in [0, 0.05) is 25.0 Å². The van der Waals surface area contributed by atoms with Crippen molar-refractivity contribution in [3.63, 3.8) is 0 Å². The SMILES string of the molecule is CCn1cc(C(=O)NCc2ccccc2)c(=O)c2c(N)cccc21. The molecule has 2 aromatic carbocycles. The van der Waals surface area contributed by atoms with Gasteiger partial charge in [-0.3, -0.25) is 9.59 Å². The zero-order chi connectivity index (χ0) is 17.1. The number of anilines is 1. The molecule has 0 aliphatic heterocycles. The molecule has 3 rings (SSSR count). The second kappa shape index (κ2) is 6.58. The molecule has 0 atom stereocenters. The number of pyridine rings is 1. The number of fused-ring (bicyclic) bond motifs is 1. The Hall–Kier alpha value is -3.08. The smallest absolute Gasteiger partial charge is 0.257 e. The number of hydrogen-bond acceptors (Lipinski definition) is 3. The van der Waals surface area contributed by atoms with Crippen LogP contribution in [0.1, 0.15) is 22.8 Å². The first-order valence-corrected chi connectivity index (χ1v) is 7.85. The van der Waals surface area contributed by atoms with Crippen molar-refractivity contribution in [3.05, 3.63) is 76.1 Å². The number of nitrogens with one attached hydrogen (secondary N) is 1. The third kappa shape index (κ3) is 2.88. The quantitative estimate of drug-likeness (QED) is 0.725. The molecule has 5 nitrogen and oxygen atoms in total. The molecule has 24 heavy (non-hydrogen) atoms. The van der Waals surface area contributed by atoms with E-state index in [0.717, 1.165) is 11.1 Å². The molecule has 0 bridgehead atoms. The molecule has 0 aliphatic carbocycles. The van der Waals surface area contributed by atoms with E-state index < -0.39 is 5.91 Å². The minimum atomic E-state index is -0.392. The molecule has 0 saturated heterocycles. The fourth-order valence-corrected chi connectivity index (χ4v) is 2.76. The molecule has 0 unspecified atom stereocenters. The molecule has 5 heteroatoms. The Labute approximate surface area is 139 Å². The molecule has 122 valence electrons. The zero-order valence-electron chi connectivity index (χ0n) is 13.5. The Morgan fingerprint density at radius 1 is 1.12 bits per heavy atom. The highest BCUT2D eigenvalue weighted by molar-refractivity contribution is 6.00. The minimum absolute atomic E-state index is 0.109. The summed E-state index contributed by atoms with van der Waals surface area (Å²) in [6, 6.07) is 14.9. The number of hydrogen-bond donors (Lipinski definition) is 2. The van der Waals surface area contributed by atoms with Crippen LogP contribution >= 0.6 is 0 Å². The van der Waals surface area contributed by atoms with Crippen molar-refractivity contribution in [1.29, 1.82) is 0 Å². The molecule has 3 aromatic rings. The van der Waals surface area contributed by atoms with Gasteiger partial charge in [-0.25, -0.2) is 0 Å². The van der Waals surface area contributed by atoms with Gasteiger partial charge in [0.15, 0.2) is 0 Å². The van der Waals surface area contributed by atoms with Gasteiger partial charge in [-0.15, -0.1) is 0 Å². The molecule has 0 spiro atoms. The molecular weight excluding hydrogens is 302 g/mol. The van der Waals surface area contributed by atoms with Crippen LogP contribution in [-0.4, -0.2) is 10.5 Å². The Bertz CT molecular complexity index is 946. The monoisotopic (exact) mass is 321 g/mol. The highest BCUT2D eigenvalue weighted by Crippen LogP contribution is 2.18. The number of carbonyl (C=O) groups excluding carboxylic acids is 1. The maximum atomic E-state index is 12.7. The maximum absolute atomic E-state index is 12.7. The molecule has 1 aromatic heterocycles. The van der Waals surface area contributed by atoms with E-state index in [9.17, 15) is 9.59 Å². The number of amides is 1. The summed E-state index contributed by atoms with van der Waals surface area (Å²) in [7, 11) is 0. The van der Waals surface area contributed by atoms with Gasteiger partial charge < -0.3 is 15.6 Å². The van der Waals surface area contributed by atoms with Crippen LogP contribution in [0.5, 0.6) is 0 Å². The zero-order valence-corrected chi connectivity index (χ0v) is 13.5. The molecule has 1 amide bonds. The number of benzene rings is 2. The largest absolute Gasteiger partial charge is 0.398 e. The van der Waals surface area contributed by atoms with Gasteiger partial charge in [0.2, 0.25) is 5.43 Å². The summed E-state index contributed by atoms with van der Waals surface area (Å²) in [4.78, 5) is 25.2. The lowest BCUT2D eigenvalue weighted by atomic mass is 10.1. The van der Waals surface area contributed by atoms with Gasteiger partial charge in [0.05, 0.1) is 10.9 Å². The minimum Gasteiger partial charge on any atom is -0.398 e. The van der Waals surface area contributed by atoms with Gasteiger partial charge in [-0.1, -0.05) is 36.4 Å². The van der Waals surface area contributed by atoms with Crippen molar-refractivity contribution in [3.8, 4) is 0 Å². The van der Waals surface area contributed by atoms with Gasteiger partial charge in [0.1, 0.15) is 5.56 Å². The van der Waals surface area contributed by atoms with Crippen molar-refractivity contribution in [2.24, 2.45) is 0 Å². The van der Waals surface area contributed by atoms with Gasteiger partial charge in [-0.05, 0) is 24.6 Å². The number of aromatic nitrogens is 1. The Kier molecular flexibility index (Phi) is 4.33. The lowest BCUT2D eigenvalue weighted by Crippen LogP contribution is -2.29. The second-order valence-corrected chi connectivity index (χ2v) is 5.57. The Balaban J connectivity index is 2.00. The average Bonchev–Trinajstić information content (AvgIpc) is 2.61. The van der Waals surface area contributed by atoms with E-state index in [-0.39, 0.29) is 11.0 Å². The Morgan fingerprint density at radius 2 is 1.88 bits per heavy atom. The summed E-state index contributed by atoms with van der Waals surface area (Å²) in [5.74, 6) is -0.392. The van der Waals surface area contributed by atoms with Crippen molar-refractivity contribution >= 4 is 22.5 Å². The van der Waals surface area contributed by atoms with Crippen molar-refractivity contribution < 1.29 is 4.79 Å². The third-order valence-corrected chi connectivity index (χ3v) is 4.02. The first-order chi connectivity index (χ1) is 11.6. The van der Waals surface area contributed by atoms with E-state index in [4.69, 9.17) is 5.73 Å². The van der Waals surface area contributed by atoms with Crippen LogP contribution in [0, 0.1) is 0 Å². The summed E-state index contributed by atoms with van der Waals surface area (Å²) >= 11 is 0. The third-order valence-electron chi connectivity index (χ3n) is 4.02. The summed E-state index contributed by atoms with van der Waals surface area (Å²) in [5.41, 5.74) is 7.84. The van der Waals surface area contributed by atoms with Crippen molar-refractivity contribution in [2.75, 3.05) is 5.73 Å². The number of nitrogens with zero attached hydrogens (tertiary/aromatic N) is 1. The molecule has 0 saturated carbocycles. The van der Waals surface area contributed by atoms with E-state index in [0.29, 0.717) is 24.2 Å². The molecule has 1 heterocycles. The van der Waals surface area contributed by atoms with Gasteiger partial charge in [0.25, 0.3) is 5.91 Å². The van der Waals surface area contributed by atoms with Crippen LogP contribution in [0.2, 0.25) is 0 Å². The highest BCUT2D eigenvalue weighted by atomic mass is 16.2. The van der Waals surface area contributed by atoms with Gasteiger partial charge >= 0.3 is 0 Å². The van der Waals surface area contributed by atoms with E-state index in [1.807, 2.05) is 47.9 Å². The predicted molar refractivity (Wildman–Crippen MR) is 95.9 cm³/mol. The number of aryl methyl sites for hydroxylation is 1. The Morgan fingerprint density at radius 3 is 2.58 bits per heavy atom. The van der Waals surface area contributed by atoms with E-state index in [1.54, 1.807) is 18.3 Å². The van der Waals surface area contributed by atoms with Gasteiger partial charge in [-0.2, -0.15) is 0 Å². The standard InChI is InChI=1S/C19H19N3O2/c1-2-22-12-14(18(23)17-15(20)9-6-10-16(17)22)19(24)21-11-13-7-4-3-5-8-13/h3-10,12H,2,11,20H2,1H3,(H,21,24). The molecule has 0 radical (unpaired) electrons. The van der Waals surface area contributed by atoms with Crippen LogP contribution in [0.25, 0.3) is 10.9 Å². The summed E-state index contributed by atoms with van der Waals surface area (Å²) in [6.45, 7) is 2.96. The number of rotatable bonds is 4. The van der Waals surface area contributed by atoms with E-state index in [1.165, 1.54) is 0 Å². The normalized spacial score (nSPS) is 10.7. The van der Waals surface area contributed by atoms with Crippen LogP contribution in [0.4, 0.5) is 5.69 Å². The number of nitrogen functional groups attached to an aromatic ring is 1. The topological polar surface area (TPSA) is 77.1 Å².